The lowest BCUT2D eigenvalue weighted by molar-refractivity contribution is -0.116. The number of methoxy groups -OCH3 is 1. The van der Waals surface area contributed by atoms with E-state index in [1.54, 1.807) is 37.6 Å². The number of likely N-dealkylation sites (tertiary alicyclic amines) is 1. The number of anilines is 1. The number of carbonyl (C=O) groups is 1. The summed E-state index contributed by atoms with van der Waals surface area (Å²) in [5, 5.41) is 4.86. The lowest BCUT2D eigenvalue weighted by Crippen LogP contribution is -2.44. The molecule has 3 aromatic rings. The summed E-state index contributed by atoms with van der Waals surface area (Å²) in [6.07, 6.45) is 7.75. The molecule has 1 aliphatic heterocycles. The maximum Gasteiger partial charge on any atom is 0.246 e. The van der Waals surface area contributed by atoms with Crippen LogP contribution in [0.3, 0.4) is 0 Å². The van der Waals surface area contributed by atoms with E-state index in [0.717, 1.165) is 49.3 Å². The van der Waals surface area contributed by atoms with Gasteiger partial charge >= 0.3 is 0 Å². The number of amides is 1. The molecule has 202 valence electrons. The third-order valence-corrected chi connectivity index (χ3v) is 10.2. The predicted molar refractivity (Wildman–Crippen MR) is 149 cm³/mol. The molecule has 9 nitrogen and oxygen atoms in total. The quantitative estimate of drug-likeness (QED) is 0.419. The molecule has 38 heavy (non-hydrogen) atoms. The van der Waals surface area contributed by atoms with Crippen molar-refractivity contribution in [3.63, 3.8) is 0 Å². The summed E-state index contributed by atoms with van der Waals surface area (Å²) < 4.78 is 34.0. The number of sulfonamides is 1. The molecule has 1 N–H and O–H groups in total. The smallest absolute Gasteiger partial charge is 0.246 e. The minimum Gasteiger partial charge on any atom is -0.495 e. The normalized spacial score (nSPS) is 17.1. The molecule has 5 rings (SSSR count). The third kappa shape index (κ3) is 5.90. The fourth-order valence-electron chi connectivity index (χ4n) is 4.71. The van der Waals surface area contributed by atoms with Crippen molar-refractivity contribution in [2.45, 2.75) is 43.0 Å². The Hall–Kier alpha value is -2.86. The van der Waals surface area contributed by atoms with E-state index in [4.69, 9.17) is 9.72 Å². The molecule has 0 bridgehead atoms. The molecular weight excluding hydrogens is 522 g/mol. The highest BCUT2D eigenvalue weighted by Crippen LogP contribution is 2.35. The molecule has 1 aromatic carbocycles. The molecule has 11 heteroatoms. The molecule has 2 fully saturated rings. The van der Waals surface area contributed by atoms with Crippen molar-refractivity contribution >= 4 is 33.0 Å². The molecule has 2 aliphatic rings. The van der Waals surface area contributed by atoms with Gasteiger partial charge in [-0.15, -0.1) is 11.3 Å². The second-order valence-electron chi connectivity index (χ2n) is 10.1. The number of rotatable bonds is 9. The monoisotopic (exact) mass is 555 g/mol. The fourth-order valence-corrected chi connectivity index (χ4v) is 7.05. The van der Waals surface area contributed by atoms with Crippen LogP contribution in [0.4, 0.5) is 5.69 Å². The number of hydrogen-bond donors (Lipinski definition) is 1. The van der Waals surface area contributed by atoms with Gasteiger partial charge < -0.3 is 15.0 Å². The number of carbonyl (C=O) groups excluding carboxylic acids is 1. The van der Waals surface area contributed by atoms with E-state index in [1.165, 1.54) is 22.8 Å². The maximum absolute atomic E-state index is 13.5. The number of benzene rings is 1. The van der Waals surface area contributed by atoms with Crippen molar-refractivity contribution in [2.24, 2.45) is 5.92 Å². The second kappa shape index (κ2) is 11.1. The predicted octanol–water partition coefficient (Wildman–Crippen LogP) is 4.33. The van der Waals surface area contributed by atoms with Gasteiger partial charge in [0.15, 0.2) is 0 Å². The van der Waals surface area contributed by atoms with Gasteiger partial charge in [0, 0.05) is 30.5 Å². The van der Waals surface area contributed by atoms with Crippen molar-refractivity contribution in [3.05, 3.63) is 42.0 Å². The van der Waals surface area contributed by atoms with Gasteiger partial charge in [0.2, 0.25) is 15.9 Å². The zero-order valence-corrected chi connectivity index (χ0v) is 23.5. The molecule has 3 heterocycles. The SMILES string of the molecule is COc1cc(-c2cncc(-c3cc(NC(=O)CC4CC4)cs3)n2)ccc1S(=O)(=O)N(C)C1CCN(C)CC1. The molecule has 1 amide bonds. The average Bonchev–Trinajstić information content (AvgIpc) is 3.61. The van der Waals surface area contributed by atoms with Crippen LogP contribution >= 0.6 is 11.3 Å². The molecule has 0 unspecified atom stereocenters. The van der Waals surface area contributed by atoms with Gasteiger partial charge in [-0.2, -0.15) is 4.31 Å². The van der Waals surface area contributed by atoms with Crippen LogP contribution in [0.15, 0.2) is 46.9 Å². The van der Waals surface area contributed by atoms with Crippen molar-refractivity contribution in [2.75, 3.05) is 39.6 Å². The average molecular weight is 556 g/mol. The molecular formula is C27H33N5O4S2. The van der Waals surface area contributed by atoms with Crippen molar-refractivity contribution in [1.29, 1.82) is 0 Å². The molecule has 1 saturated carbocycles. The van der Waals surface area contributed by atoms with E-state index in [9.17, 15) is 13.2 Å². The summed E-state index contributed by atoms with van der Waals surface area (Å²) in [5.74, 6) is 0.843. The van der Waals surface area contributed by atoms with Crippen molar-refractivity contribution < 1.29 is 17.9 Å². The van der Waals surface area contributed by atoms with Crippen molar-refractivity contribution in [1.82, 2.24) is 19.2 Å². The Morgan fingerprint density at radius 2 is 1.89 bits per heavy atom. The molecule has 0 radical (unpaired) electrons. The first-order valence-corrected chi connectivity index (χ1v) is 15.1. The van der Waals surface area contributed by atoms with E-state index in [1.807, 2.05) is 11.4 Å². The number of piperidine rings is 1. The number of nitrogens with zero attached hydrogens (tertiary/aromatic N) is 4. The number of aromatic nitrogens is 2. The van der Waals surface area contributed by atoms with Crippen LogP contribution in [0.5, 0.6) is 5.75 Å². The number of ether oxygens (including phenoxy) is 1. The Morgan fingerprint density at radius 1 is 1.16 bits per heavy atom. The van der Waals surface area contributed by atoms with Crippen LogP contribution < -0.4 is 10.1 Å². The topological polar surface area (TPSA) is 105 Å². The first-order chi connectivity index (χ1) is 18.2. The van der Waals surface area contributed by atoms with E-state index in [2.05, 4.69) is 22.2 Å². The van der Waals surface area contributed by atoms with E-state index in [-0.39, 0.29) is 22.6 Å². The Bertz CT molecular complexity index is 1410. The molecule has 1 aliphatic carbocycles. The largest absolute Gasteiger partial charge is 0.495 e. The van der Waals surface area contributed by atoms with Crippen LogP contribution in [0.2, 0.25) is 0 Å². The first-order valence-electron chi connectivity index (χ1n) is 12.8. The zero-order valence-electron chi connectivity index (χ0n) is 21.9. The van der Waals surface area contributed by atoms with Gasteiger partial charge in [0.1, 0.15) is 10.6 Å². The Labute approximate surface area is 227 Å². The summed E-state index contributed by atoms with van der Waals surface area (Å²) >= 11 is 1.48. The van der Waals surface area contributed by atoms with E-state index >= 15 is 0 Å². The maximum atomic E-state index is 13.5. The standard InChI is InChI=1S/C27H33N5O4S2/c1-31-10-8-21(9-11-31)32(2)38(34,35)26-7-6-19(13-24(26)36-3)22-15-28-16-23(30-22)25-14-20(17-37-25)29-27(33)12-18-4-5-18/h6-7,13-18,21H,4-5,8-12H2,1-3H3,(H,29,33). The number of thiophene rings is 1. The van der Waals surface area contributed by atoms with Gasteiger partial charge in [-0.25, -0.2) is 13.4 Å². The lowest BCUT2D eigenvalue weighted by Gasteiger charge is -2.34. The highest BCUT2D eigenvalue weighted by atomic mass is 32.2. The second-order valence-corrected chi connectivity index (χ2v) is 13.0. The van der Waals surface area contributed by atoms with Gasteiger partial charge in [-0.05, 0) is 69.9 Å². The van der Waals surface area contributed by atoms with Crippen molar-refractivity contribution in [3.8, 4) is 27.6 Å². The van der Waals surface area contributed by atoms with Crippen LogP contribution in [0.1, 0.15) is 32.1 Å². The molecule has 1 saturated heterocycles. The summed E-state index contributed by atoms with van der Waals surface area (Å²) in [4.78, 5) is 24.5. The highest BCUT2D eigenvalue weighted by Gasteiger charge is 2.32. The summed E-state index contributed by atoms with van der Waals surface area (Å²) in [7, 11) is 1.43. The van der Waals surface area contributed by atoms with E-state index < -0.39 is 10.0 Å². The Kier molecular flexibility index (Phi) is 7.80. The number of hydrogen-bond acceptors (Lipinski definition) is 8. The van der Waals surface area contributed by atoms with E-state index in [0.29, 0.717) is 29.3 Å². The van der Waals surface area contributed by atoms with Gasteiger partial charge in [-0.1, -0.05) is 6.07 Å². The number of nitrogens with one attached hydrogen (secondary N) is 1. The van der Waals surface area contributed by atoms with Crippen LogP contribution in [-0.4, -0.2) is 73.8 Å². The third-order valence-electron chi connectivity index (χ3n) is 7.26. The van der Waals surface area contributed by atoms with Crippen LogP contribution in [-0.2, 0) is 14.8 Å². The van der Waals surface area contributed by atoms with Crippen LogP contribution in [0.25, 0.3) is 21.8 Å². The molecule has 0 spiro atoms. The lowest BCUT2D eigenvalue weighted by atomic mass is 10.1. The van der Waals surface area contributed by atoms with Gasteiger partial charge in [0.25, 0.3) is 0 Å². The Morgan fingerprint density at radius 3 is 2.61 bits per heavy atom. The summed E-state index contributed by atoms with van der Waals surface area (Å²) in [6.45, 7) is 1.74. The van der Waals surface area contributed by atoms with Gasteiger partial charge in [-0.3, -0.25) is 9.78 Å². The van der Waals surface area contributed by atoms with Gasteiger partial charge in [0.05, 0.1) is 41.5 Å². The summed E-state index contributed by atoms with van der Waals surface area (Å²) in [5.41, 5.74) is 2.73. The minimum absolute atomic E-state index is 0.0419. The highest BCUT2D eigenvalue weighted by molar-refractivity contribution is 7.89. The first kappa shape index (κ1) is 26.7. The zero-order chi connectivity index (χ0) is 26.9. The molecule has 2 aromatic heterocycles. The molecule has 0 atom stereocenters. The fraction of sp³-hybridized carbons (Fsp3) is 0.444. The Balaban J connectivity index is 1.35. The van der Waals surface area contributed by atoms with Crippen LogP contribution in [0, 0.1) is 5.92 Å². The summed E-state index contributed by atoms with van der Waals surface area (Å²) in [6, 6.07) is 6.88. The minimum atomic E-state index is -3.74.